The zero-order valence-corrected chi connectivity index (χ0v) is 11.8. The predicted octanol–water partition coefficient (Wildman–Crippen LogP) is 1.95. The molecule has 0 aliphatic rings. The molecule has 0 bridgehead atoms. The van der Waals surface area contributed by atoms with Gasteiger partial charge in [0.25, 0.3) is 5.56 Å². The van der Waals surface area contributed by atoms with Crippen molar-refractivity contribution >= 4 is 27.5 Å². The van der Waals surface area contributed by atoms with Gasteiger partial charge < -0.3 is 5.32 Å². The van der Waals surface area contributed by atoms with Crippen LogP contribution in [0, 0.1) is 6.92 Å². The average molecular weight is 322 g/mol. The van der Waals surface area contributed by atoms with Crippen LogP contribution in [0.15, 0.2) is 45.7 Å². The summed E-state index contributed by atoms with van der Waals surface area (Å²) in [5, 5.41) is 6.71. The molecule has 0 unspecified atom stereocenters. The molecule has 1 N–H and O–H groups in total. The molecule has 0 atom stereocenters. The van der Waals surface area contributed by atoms with Crippen LogP contribution in [0.5, 0.6) is 0 Å². The number of carbonyl (C=O) groups excluding carboxylic acids is 1. The molecule has 1 aromatic heterocycles. The van der Waals surface area contributed by atoms with Crippen molar-refractivity contribution in [2.24, 2.45) is 0 Å². The van der Waals surface area contributed by atoms with Gasteiger partial charge >= 0.3 is 0 Å². The number of nitrogens with one attached hydrogen (secondary N) is 1. The molecule has 0 saturated carbocycles. The van der Waals surface area contributed by atoms with Gasteiger partial charge in [-0.25, -0.2) is 4.68 Å². The Hall–Kier alpha value is -1.95. The summed E-state index contributed by atoms with van der Waals surface area (Å²) in [4.78, 5) is 23.3. The third-order valence-corrected chi connectivity index (χ3v) is 2.95. The molecule has 5 nitrogen and oxygen atoms in total. The zero-order chi connectivity index (χ0) is 13.8. The van der Waals surface area contributed by atoms with Gasteiger partial charge in [-0.1, -0.05) is 15.9 Å². The maximum absolute atomic E-state index is 11.8. The quantitative estimate of drug-likeness (QED) is 0.939. The monoisotopic (exact) mass is 321 g/mol. The highest BCUT2D eigenvalue weighted by atomic mass is 79.9. The van der Waals surface area contributed by atoms with Crippen LogP contribution >= 0.6 is 15.9 Å². The number of benzene rings is 1. The summed E-state index contributed by atoms with van der Waals surface area (Å²) in [6.45, 7) is 1.67. The van der Waals surface area contributed by atoms with Gasteiger partial charge in [0.1, 0.15) is 6.54 Å². The second kappa shape index (κ2) is 5.79. The van der Waals surface area contributed by atoms with Crippen molar-refractivity contribution in [3.05, 3.63) is 56.9 Å². The van der Waals surface area contributed by atoms with Gasteiger partial charge in [0.15, 0.2) is 0 Å². The lowest BCUT2D eigenvalue weighted by molar-refractivity contribution is -0.117. The van der Waals surface area contributed by atoms with Gasteiger partial charge in [0, 0.05) is 16.2 Å². The fourth-order valence-corrected chi connectivity index (χ4v) is 1.80. The molecule has 6 heteroatoms. The molecule has 1 heterocycles. The Morgan fingerprint density at radius 1 is 1.26 bits per heavy atom. The lowest BCUT2D eigenvalue weighted by Gasteiger charge is -2.07. The molecule has 0 fully saturated rings. The fraction of sp³-hybridized carbons (Fsp3) is 0.154. The molecule has 1 aromatic carbocycles. The number of hydrogen-bond donors (Lipinski definition) is 1. The first-order chi connectivity index (χ1) is 9.04. The van der Waals surface area contributed by atoms with Crippen molar-refractivity contribution in [2.75, 3.05) is 5.32 Å². The maximum Gasteiger partial charge on any atom is 0.267 e. The minimum Gasteiger partial charge on any atom is -0.324 e. The molecule has 98 valence electrons. The van der Waals surface area contributed by atoms with Crippen LogP contribution in [0.25, 0.3) is 0 Å². The standard InChI is InChI=1S/C13H12BrN3O2/c1-9-2-7-13(19)17(16-9)8-12(18)15-11-5-3-10(14)4-6-11/h2-7H,8H2,1H3,(H,15,18). The number of anilines is 1. The number of aryl methyl sites for hydroxylation is 1. The summed E-state index contributed by atoms with van der Waals surface area (Å²) in [7, 11) is 0. The van der Waals surface area contributed by atoms with E-state index in [2.05, 4.69) is 26.3 Å². The van der Waals surface area contributed by atoms with Crippen molar-refractivity contribution in [1.29, 1.82) is 0 Å². The summed E-state index contributed by atoms with van der Waals surface area (Å²) in [5.74, 6) is -0.289. The molecular weight excluding hydrogens is 310 g/mol. The highest BCUT2D eigenvalue weighted by Crippen LogP contribution is 2.13. The van der Waals surface area contributed by atoms with Crippen LogP contribution in [0.3, 0.4) is 0 Å². The van der Waals surface area contributed by atoms with Crippen molar-refractivity contribution < 1.29 is 4.79 Å². The summed E-state index contributed by atoms with van der Waals surface area (Å²) in [6.07, 6.45) is 0. The highest BCUT2D eigenvalue weighted by Gasteiger charge is 2.06. The fourth-order valence-electron chi connectivity index (χ4n) is 1.53. The minimum absolute atomic E-state index is 0.101. The highest BCUT2D eigenvalue weighted by molar-refractivity contribution is 9.10. The first-order valence-electron chi connectivity index (χ1n) is 5.65. The number of amides is 1. The van der Waals surface area contributed by atoms with Gasteiger partial charge in [-0.2, -0.15) is 5.10 Å². The smallest absolute Gasteiger partial charge is 0.267 e. The molecule has 0 spiro atoms. The first-order valence-corrected chi connectivity index (χ1v) is 6.44. The summed E-state index contributed by atoms with van der Waals surface area (Å²) in [6, 6.07) is 10.2. The van der Waals surface area contributed by atoms with Crippen molar-refractivity contribution in [3.63, 3.8) is 0 Å². The van der Waals surface area contributed by atoms with Gasteiger partial charge in [0.05, 0.1) is 5.69 Å². The third kappa shape index (κ3) is 3.75. The van der Waals surface area contributed by atoms with Crippen molar-refractivity contribution in [3.8, 4) is 0 Å². The lowest BCUT2D eigenvalue weighted by Crippen LogP contribution is -2.29. The van der Waals surface area contributed by atoms with Crippen LogP contribution in [0.2, 0.25) is 0 Å². The van der Waals surface area contributed by atoms with Gasteiger partial charge in [-0.15, -0.1) is 0 Å². The van der Waals surface area contributed by atoms with E-state index in [0.29, 0.717) is 11.4 Å². The number of rotatable bonds is 3. The summed E-state index contributed by atoms with van der Waals surface area (Å²) >= 11 is 3.31. The molecule has 19 heavy (non-hydrogen) atoms. The molecule has 0 saturated heterocycles. The van der Waals surface area contributed by atoms with E-state index in [1.807, 2.05) is 12.1 Å². The molecule has 0 aliphatic heterocycles. The van der Waals surface area contributed by atoms with E-state index >= 15 is 0 Å². The van der Waals surface area contributed by atoms with E-state index < -0.39 is 0 Å². The van der Waals surface area contributed by atoms with E-state index in [1.54, 1.807) is 25.1 Å². The summed E-state index contributed by atoms with van der Waals surface area (Å²) in [5.41, 5.74) is 1.07. The van der Waals surface area contributed by atoms with E-state index in [-0.39, 0.29) is 18.0 Å². The topological polar surface area (TPSA) is 64.0 Å². The number of halogens is 1. The average Bonchev–Trinajstić information content (AvgIpc) is 2.37. The zero-order valence-electron chi connectivity index (χ0n) is 10.3. The Balaban J connectivity index is 2.07. The largest absolute Gasteiger partial charge is 0.324 e. The molecule has 2 rings (SSSR count). The maximum atomic E-state index is 11.8. The number of carbonyl (C=O) groups is 1. The molecule has 0 aliphatic carbocycles. The van der Waals surface area contributed by atoms with Gasteiger partial charge in [0.2, 0.25) is 5.91 Å². The molecule has 1 amide bonds. The Kier molecular flexibility index (Phi) is 4.11. The second-order valence-electron chi connectivity index (χ2n) is 4.03. The number of hydrogen-bond acceptors (Lipinski definition) is 3. The molecular formula is C13H12BrN3O2. The van der Waals surface area contributed by atoms with Crippen LogP contribution in [-0.2, 0) is 11.3 Å². The third-order valence-electron chi connectivity index (χ3n) is 2.42. The van der Waals surface area contributed by atoms with E-state index in [4.69, 9.17) is 0 Å². The number of aromatic nitrogens is 2. The van der Waals surface area contributed by atoms with E-state index in [1.165, 1.54) is 6.07 Å². The van der Waals surface area contributed by atoms with E-state index in [9.17, 15) is 9.59 Å². The van der Waals surface area contributed by atoms with Crippen LogP contribution in [0.4, 0.5) is 5.69 Å². The van der Waals surface area contributed by atoms with Crippen molar-refractivity contribution in [2.45, 2.75) is 13.5 Å². The van der Waals surface area contributed by atoms with Crippen LogP contribution in [-0.4, -0.2) is 15.7 Å². The Morgan fingerprint density at radius 3 is 2.63 bits per heavy atom. The van der Waals surface area contributed by atoms with Gasteiger partial charge in [-0.05, 0) is 37.3 Å². The Morgan fingerprint density at radius 2 is 1.95 bits per heavy atom. The van der Waals surface area contributed by atoms with Crippen LogP contribution in [0.1, 0.15) is 5.69 Å². The first kappa shape index (κ1) is 13.5. The molecule has 2 aromatic rings. The van der Waals surface area contributed by atoms with E-state index in [0.717, 1.165) is 9.15 Å². The predicted molar refractivity (Wildman–Crippen MR) is 76.0 cm³/mol. The summed E-state index contributed by atoms with van der Waals surface area (Å²) < 4.78 is 2.07. The molecule has 0 radical (unpaired) electrons. The number of nitrogens with zero attached hydrogens (tertiary/aromatic N) is 2. The Labute approximate surface area is 118 Å². The lowest BCUT2D eigenvalue weighted by atomic mass is 10.3. The minimum atomic E-state index is -0.295. The SMILES string of the molecule is Cc1ccc(=O)n(CC(=O)Nc2ccc(Br)cc2)n1. The van der Waals surface area contributed by atoms with Crippen LogP contribution < -0.4 is 10.9 Å². The normalized spacial score (nSPS) is 10.2. The van der Waals surface area contributed by atoms with Crippen molar-refractivity contribution in [1.82, 2.24) is 9.78 Å². The van der Waals surface area contributed by atoms with Gasteiger partial charge in [-0.3, -0.25) is 9.59 Å². The Bertz CT molecular complexity index is 650. The second-order valence-corrected chi connectivity index (χ2v) is 4.94.